The van der Waals surface area contributed by atoms with E-state index < -0.39 is 0 Å². The SMILES string of the molecule is Cc1ccccc1OCCCn1c(CCNC(=O)c2ccc(F)cc2)nc2ccccc21. The molecular weight excluding hydrogens is 405 g/mol. The summed E-state index contributed by atoms with van der Waals surface area (Å²) >= 11 is 0. The highest BCUT2D eigenvalue weighted by atomic mass is 19.1. The summed E-state index contributed by atoms with van der Waals surface area (Å²) in [6.45, 7) is 3.86. The van der Waals surface area contributed by atoms with Gasteiger partial charge >= 0.3 is 0 Å². The highest BCUT2D eigenvalue weighted by Crippen LogP contribution is 2.19. The average Bonchev–Trinajstić information content (AvgIpc) is 3.15. The van der Waals surface area contributed by atoms with Gasteiger partial charge in [-0.05, 0) is 61.4 Å². The molecule has 1 aromatic heterocycles. The number of para-hydroxylation sites is 3. The molecule has 5 nitrogen and oxygen atoms in total. The Kier molecular flexibility index (Phi) is 6.80. The minimum absolute atomic E-state index is 0.223. The standard InChI is InChI=1S/C26H26FN3O2/c1-19-7-2-5-10-24(19)32-18-6-17-30-23-9-4-3-8-22(23)29-25(30)15-16-28-26(31)20-11-13-21(27)14-12-20/h2-5,7-14H,6,15-18H2,1H3,(H,28,31). The van der Waals surface area contributed by atoms with Gasteiger partial charge in [-0.1, -0.05) is 30.3 Å². The number of carbonyl (C=O) groups excluding carboxylic acids is 1. The van der Waals surface area contributed by atoms with Gasteiger partial charge in [0.05, 0.1) is 17.6 Å². The maximum Gasteiger partial charge on any atom is 0.251 e. The number of hydrogen-bond acceptors (Lipinski definition) is 3. The fraction of sp³-hybridized carbons (Fsp3) is 0.231. The van der Waals surface area contributed by atoms with Gasteiger partial charge in [0.2, 0.25) is 0 Å². The Bertz CT molecular complexity index is 1200. The molecule has 0 bridgehead atoms. The van der Waals surface area contributed by atoms with Crippen LogP contribution < -0.4 is 10.1 Å². The lowest BCUT2D eigenvalue weighted by Gasteiger charge is -2.12. The molecule has 4 rings (SSSR count). The van der Waals surface area contributed by atoms with Crippen LogP contribution in [0.1, 0.15) is 28.2 Å². The summed E-state index contributed by atoms with van der Waals surface area (Å²) in [6.07, 6.45) is 1.43. The average molecular weight is 432 g/mol. The maximum atomic E-state index is 13.1. The fourth-order valence-corrected chi connectivity index (χ4v) is 3.68. The van der Waals surface area contributed by atoms with Gasteiger partial charge in [0.1, 0.15) is 17.4 Å². The van der Waals surface area contributed by atoms with E-state index in [2.05, 4.69) is 16.0 Å². The smallest absolute Gasteiger partial charge is 0.251 e. The van der Waals surface area contributed by atoms with Crippen LogP contribution in [0.25, 0.3) is 11.0 Å². The Hall–Kier alpha value is -3.67. The maximum absolute atomic E-state index is 13.1. The molecule has 0 atom stereocenters. The number of halogens is 1. The number of hydrogen-bond donors (Lipinski definition) is 1. The number of benzene rings is 3. The molecule has 0 aliphatic heterocycles. The lowest BCUT2D eigenvalue weighted by Crippen LogP contribution is -2.26. The second kappa shape index (κ2) is 10.1. The second-order valence-electron chi connectivity index (χ2n) is 7.65. The third-order valence-corrected chi connectivity index (χ3v) is 5.35. The summed E-state index contributed by atoms with van der Waals surface area (Å²) in [5.74, 6) is 1.24. The monoisotopic (exact) mass is 431 g/mol. The Morgan fingerprint density at radius 1 is 1.03 bits per heavy atom. The first-order valence-corrected chi connectivity index (χ1v) is 10.8. The number of aromatic nitrogens is 2. The summed E-state index contributed by atoms with van der Waals surface area (Å²) in [6, 6.07) is 21.6. The van der Waals surface area contributed by atoms with Crippen molar-refractivity contribution in [1.29, 1.82) is 0 Å². The van der Waals surface area contributed by atoms with Crippen LogP contribution in [0.15, 0.2) is 72.8 Å². The normalized spacial score (nSPS) is 10.9. The van der Waals surface area contributed by atoms with Crippen LogP contribution in [0.2, 0.25) is 0 Å². The van der Waals surface area contributed by atoms with E-state index in [9.17, 15) is 9.18 Å². The molecule has 6 heteroatoms. The molecule has 0 aliphatic carbocycles. The summed E-state index contributed by atoms with van der Waals surface area (Å²) in [7, 11) is 0. The van der Waals surface area contributed by atoms with Gasteiger partial charge in [0, 0.05) is 25.1 Å². The quantitative estimate of drug-likeness (QED) is 0.383. The zero-order valence-electron chi connectivity index (χ0n) is 18.1. The summed E-state index contributed by atoms with van der Waals surface area (Å²) in [5.41, 5.74) is 3.57. The number of imidazole rings is 1. The van der Waals surface area contributed by atoms with Crippen molar-refractivity contribution in [3.05, 3.63) is 95.6 Å². The molecule has 0 radical (unpaired) electrons. The lowest BCUT2D eigenvalue weighted by molar-refractivity contribution is 0.0954. The third kappa shape index (κ3) is 5.14. The highest BCUT2D eigenvalue weighted by Gasteiger charge is 2.12. The predicted octanol–water partition coefficient (Wildman–Crippen LogP) is 4.93. The summed E-state index contributed by atoms with van der Waals surface area (Å²) in [5, 5.41) is 2.89. The predicted molar refractivity (Wildman–Crippen MR) is 123 cm³/mol. The molecule has 0 fully saturated rings. The van der Waals surface area contributed by atoms with Crippen molar-refractivity contribution in [2.75, 3.05) is 13.2 Å². The molecule has 1 amide bonds. The van der Waals surface area contributed by atoms with Crippen LogP contribution >= 0.6 is 0 Å². The number of nitrogens with one attached hydrogen (secondary N) is 1. The van der Waals surface area contributed by atoms with Crippen molar-refractivity contribution in [1.82, 2.24) is 14.9 Å². The van der Waals surface area contributed by atoms with E-state index in [0.717, 1.165) is 41.1 Å². The third-order valence-electron chi connectivity index (χ3n) is 5.35. The van der Waals surface area contributed by atoms with E-state index in [1.54, 1.807) is 0 Å². The minimum Gasteiger partial charge on any atom is -0.493 e. The van der Waals surface area contributed by atoms with Gasteiger partial charge in [-0.25, -0.2) is 9.37 Å². The number of aryl methyl sites for hydroxylation is 2. The molecule has 4 aromatic rings. The topological polar surface area (TPSA) is 56.1 Å². The first-order valence-electron chi connectivity index (χ1n) is 10.8. The number of fused-ring (bicyclic) bond motifs is 1. The van der Waals surface area contributed by atoms with Crippen LogP contribution in [0.4, 0.5) is 4.39 Å². The van der Waals surface area contributed by atoms with E-state index in [-0.39, 0.29) is 11.7 Å². The zero-order chi connectivity index (χ0) is 22.3. The van der Waals surface area contributed by atoms with Crippen LogP contribution in [0.5, 0.6) is 5.75 Å². The Morgan fingerprint density at radius 2 is 1.78 bits per heavy atom. The summed E-state index contributed by atoms with van der Waals surface area (Å²) in [4.78, 5) is 17.1. The van der Waals surface area contributed by atoms with Gasteiger partial charge in [0.15, 0.2) is 0 Å². The van der Waals surface area contributed by atoms with Crippen molar-refractivity contribution in [2.24, 2.45) is 0 Å². The van der Waals surface area contributed by atoms with Gasteiger partial charge < -0.3 is 14.6 Å². The molecule has 0 saturated heterocycles. The Labute approximate surface area is 186 Å². The molecule has 0 unspecified atom stereocenters. The molecule has 164 valence electrons. The van der Waals surface area contributed by atoms with Crippen LogP contribution in [0, 0.1) is 12.7 Å². The van der Waals surface area contributed by atoms with Crippen molar-refractivity contribution in [2.45, 2.75) is 26.3 Å². The molecule has 32 heavy (non-hydrogen) atoms. The van der Waals surface area contributed by atoms with Gasteiger partial charge in [-0.2, -0.15) is 0 Å². The van der Waals surface area contributed by atoms with Crippen molar-refractivity contribution < 1.29 is 13.9 Å². The lowest BCUT2D eigenvalue weighted by atomic mass is 10.2. The van der Waals surface area contributed by atoms with E-state index >= 15 is 0 Å². The molecule has 0 spiro atoms. The molecule has 3 aromatic carbocycles. The first-order chi connectivity index (χ1) is 15.6. The minimum atomic E-state index is -0.360. The molecular formula is C26H26FN3O2. The van der Waals surface area contributed by atoms with Gasteiger partial charge in [-0.15, -0.1) is 0 Å². The second-order valence-corrected chi connectivity index (χ2v) is 7.65. The number of carbonyl (C=O) groups is 1. The van der Waals surface area contributed by atoms with Crippen molar-refractivity contribution >= 4 is 16.9 Å². The largest absolute Gasteiger partial charge is 0.493 e. The van der Waals surface area contributed by atoms with Crippen molar-refractivity contribution in [3.63, 3.8) is 0 Å². The number of amides is 1. The van der Waals surface area contributed by atoms with E-state index in [4.69, 9.17) is 9.72 Å². The van der Waals surface area contributed by atoms with E-state index in [0.29, 0.717) is 25.1 Å². The molecule has 1 N–H and O–H groups in total. The van der Waals surface area contributed by atoms with E-state index in [1.807, 2.05) is 49.4 Å². The number of nitrogens with zero attached hydrogens (tertiary/aromatic N) is 2. The number of ether oxygens (including phenoxy) is 1. The molecule has 0 aliphatic rings. The van der Waals surface area contributed by atoms with Crippen molar-refractivity contribution in [3.8, 4) is 5.75 Å². The van der Waals surface area contributed by atoms with E-state index in [1.165, 1.54) is 24.3 Å². The molecule has 1 heterocycles. The zero-order valence-corrected chi connectivity index (χ0v) is 18.1. The van der Waals surface area contributed by atoms with Crippen LogP contribution in [-0.4, -0.2) is 28.6 Å². The van der Waals surface area contributed by atoms with Gasteiger partial charge in [-0.3, -0.25) is 4.79 Å². The fourth-order valence-electron chi connectivity index (χ4n) is 3.68. The van der Waals surface area contributed by atoms with Crippen LogP contribution in [-0.2, 0) is 13.0 Å². The number of rotatable bonds is 9. The first kappa shape index (κ1) is 21.6. The Morgan fingerprint density at radius 3 is 2.59 bits per heavy atom. The highest BCUT2D eigenvalue weighted by molar-refractivity contribution is 5.94. The Balaban J connectivity index is 1.38. The molecule has 0 saturated carbocycles. The van der Waals surface area contributed by atoms with Crippen LogP contribution in [0.3, 0.4) is 0 Å². The van der Waals surface area contributed by atoms with Gasteiger partial charge in [0.25, 0.3) is 5.91 Å². The summed E-state index contributed by atoms with van der Waals surface area (Å²) < 4.78 is 21.2.